The minimum Gasteiger partial charge on any atom is -0.496 e. The van der Waals surface area contributed by atoms with Crippen molar-refractivity contribution in [3.05, 3.63) is 29.6 Å². The molecule has 1 aromatic carbocycles. The average molecular weight is 248 g/mol. The summed E-state index contributed by atoms with van der Waals surface area (Å²) in [7, 11) is 1.56. The molecule has 92 valence electrons. The maximum absolute atomic E-state index is 13.1. The highest BCUT2D eigenvalue weighted by atomic mass is 35.5. The second-order valence-electron chi connectivity index (χ2n) is 4.73. The van der Waals surface area contributed by atoms with Crippen LogP contribution in [-0.2, 0) is 0 Å². The molecule has 0 amide bonds. The Bertz CT molecular complexity index is 349. The highest BCUT2D eigenvalue weighted by Crippen LogP contribution is 2.35. The third-order valence-electron chi connectivity index (χ3n) is 2.46. The van der Waals surface area contributed by atoms with E-state index in [0.717, 1.165) is 0 Å². The molecule has 1 atom stereocenters. The van der Waals surface area contributed by atoms with Crippen molar-refractivity contribution in [3.63, 3.8) is 0 Å². The van der Waals surface area contributed by atoms with Crippen LogP contribution in [0, 0.1) is 11.2 Å². The van der Waals surface area contributed by atoms with Gasteiger partial charge in [-0.05, 0) is 23.6 Å². The van der Waals surface area contributed by atoms with Gasteiger partial charge in [0.15, 0.2) is 0 Å². The van der Waals surface area contributed by atoms with Crippen molar-refractivity contribution in [2.24, 2.45) is 11.1 Å². The van der Waals surface area contributed by atoms with Gasteiger partial charge in [-0.15, -0.1) is 12.4 Å². The number of hydrogen-bond acceptors (Lipinski definition) is 2. The summed E-state index contributed by atoms with van der Waals surface area (Å²) in [5.41, 5.74) is 6.66. The molecule has 0 radical (unpaired) electrons. The van der Waals surface area contributed by atoms with E-state index < -0.39 is 0 Å². The number of benzene rings is 1. The van der Waals surface area contributed by atoms with Gasteiger partial charge in [-0.1, -0.05) is 20.8 Å². The first kappa shape index (κ1) is 15.2. The van der Waals surface area contributed by atoms with Gasteiger partial charge in [0.05, 0.1) is 7.11 Å². The van der Waals surface area contributed by atoms with Crippen LogP contribution in [-0.4, -0.2) is 7.11 Å². The molecule has 0 aliphatic rings. The van der Waals surface area contributed by atoms with Crippen LogP contribution in [0.4, 0.5) is 4.39 Å². The smallest absolute Gasteiger partial charge is 0.123 e. The molecule has 0 saturated carbocycles. The van der Waals surface area contributed by atoms with Gasteiger partial charge in [0.25, 0.3) is 0 Å². The lowest BCUT2D eigenvalue weighted by Crippen LogP contribution is -2.26. The quantitative estimate of drug-likeness (QED) is 0.870. The van der Waals surface area contributed by atoms with E-state index in [0.29, 0.717) is 11.3 Å². The number of halogens is 2. The van der Waals surface area contributed by atoms with Crippen molar-refractivity contribution in [1.29, 1.82) is 0 Å². The predicted molar refractivity (Wildman–Crippen MR) is 66.6 cm³/mol. The van der Waals surface area contributed by atoms with Gasteiger partial charge in [0, 0.05) is 11.6 Å². The Morgan fingerprint density at radius 2 is 1.88 bits per heavy atom. The lowest BCUT2D eigenvalue weighted by atomic mass is 9.83. The number of methoxy groups -OCH3 is 1. The van der Waals surface area contributed by atoms with Crippen LogP contribution in [0.25, 0.3) is 0 Å². The molecule has 0 aliphatic carbocycles. The minimum absolute atomic E-state index is 0. The first-order valence-corrected chi connectivity index (χ1v) is 4.95. The summed E-state index contributed by atoms with van der Waals surface area (Å²) in [6.45, 7) is 6.05. The molecule has 1 aromatic rings. The van der Waals surface area contributed by atoms with Crippen molar-refractivity contribution in [1.82, 2.24) is 0 Å². The molecule has 2 nitrogen and oxygen atoms in total. The van der Waals surface area contributed by atoms with Crippen molar-refractivity contribution in [3.8, 4) is 5.75 Å². The van der Waals surface area contributed by atoms with Crippen LogP contribution in [0.2, 0.25) is 0 Å². The zero-order valence-electron chi connectivity index (χ0n) is 10.1. The van der Waals surface area contributed by atoms with Gasteiger partial charge < -0.3 is 10.5 Å². The van der Waals surface area contributed by atoms with Crippen LogP contribution in [0.15, 0.2) is 18.2 Å². The van der Waals surface area contributed by atoms with Crippen LogP contribution in [0.5, 0.6) is 5.75 Å². The van der Waals surface area contributed by atoms with E-state index in [1.54, 1.807) is 13.2 Å². The van der Waals surface area contributed by atoms with Crippen molar-refractivity contribution in [2.75, 3.05) is 7.11 Å². The SMILES string of the molecule is COc1ccc(F)cc1[C@H](N)C(C)(C)C.Cl. The average Bonchev–Trinajstić information content (AvgIpc) is 2.15. The standard InChI is InChI=1S/C12H18FNO.ClH/c1-12(2,3)11(14)9-7-8(13)5-6-10(9)15-4;/h5-7,11H,14H2,1-4H3;1H/t11-;/m0./s1. The molecular weight excluding hydrogens is 229 g/mol. The molecule has 0 bridgehead atoms. The van der Waals surface area contributed by atoms with E-state index in [2.05, 4.69) is 0 Å². The molecule has 1 rings (SSSR count). The first-order valence-electron chi connectivity index (χ1n) is 4.95. The van der Waals surface area contributed by atoms with Gasteiger partial charge in [0.1, 0.15) is 11.6 Å². The third kappa shape index (κ3) is 3.35. The zero-order valence-corrected chi connectivity index (χ0v) is 10.9. The Balaban J connectivity index is 0.00000225. The molecule has 0 saturated heterocycles. The number of ether oxygens (including phenoxy) is 1. The summed E-state index contributed by atoms with van der Waals surface area (Å²) < 4.78 is 18.3. The maximum atomic E-state index is 13.1. The first-order chi connectivity index (χ1) is 6.86. The van der Waals surface area contributed by atoms with Crippen molar-refractivity contribution < 1.29 is 9.13 Å². The van der Waals surface area contributed by atoms with Gasteiger partial charge in [-0.25, -0.2) is 4.39 Å². The van der Waals surface area contributed by atoms with Gasteiger partial charge in [-0.2, -0.15) is 0 Å². The van der Waals surface area contributed by atoms with Crippen molar-refractivity contribution in [2.45, 2.75) is 26.8 Å². The fourth-order valence-electron chi connectivity index (χ4n) is 1.41. The van der Waals surface area contributed by atoms with E-state index in [4.69, 9.17) is 10.5 Å². The number of rotatable bonds is 2. The monoisotopic (exact) mass is 247 g/mol. The summed E-state index contributed by atoms with van der Waals surface area (Å²) in [6, 6.07) is 4.17. The van der Waals surface area contributed by atoms with E-state index >= 15 is 0 Å². The highest BCUT2D eigenvalue weighted by Gasteiger charge is 2.25. The normalized spacial score (nSPS) is 12.9. The lowest BCUT2D eigenvalue weighted by Gasteiger charge is -2.28. The van der Waals surface area contributed by atoms with Gasteiger partial charge >= 0.3 is 0 Å². The number of hydrogen-bond donors (Lipinski definition) is 1. The topological polar surface area (TPSA) is 35.2 Å². The maximum Gasteiger partial charge on any atom is 0.123 e. The fraction of sp³-hybridized carbons (Fsp3) is 0.500. The van der Waals surface area contributed by atoms with Gasteiger partial charge in [0.2, 0.25) is 0 Å². The molecule has 16 heavy (non-hydrogen) atoms. The zero-order chi connectivity index (χ0) is 11.6. The van der Waals surface area contributed by atoms with E-state index in [9.17, 15) is 4.39 Å². The summed E-state index contributed by atoms with van der Waals surface area (Å²) in [5.74, 6) is 0.351. The molecule has 4 heteroatoms. The summed E-state index contributed by atoms with van der Waals surface area (Å²) >= 11 is 0. The van der Waals surface area contributed by atoms with E-state index in [-0.39, 0.29) is 29.7 Å². The Kier molecular flexibility index (Phi) is 5.23. The molecule has 0 fully saturated rings. The van der Waals surface area contributed by atoms with Crippen LogP contribution >= 0.6 is 12.4 Å². The Morgan fingerprint density at radius 1 is 1.31 bits per heavy atom. The fourth-order valence-corrected chi connectivity index (χ4v) is 1.41. The largest absolute Gasteiger partial charge is 0.496 e. The van der Waals surface area contributed by atoms with Crippen LogP contribution in [0.3, 0.4) is 0 Å². The predicted octanol–water partition coefficient (Wildman–Crippen LogP) is 3.30. The summed E-state index contributed by atoms with van der Waals surface area (Å²) in [6.07, 6.45) is 0. The van der Waals surface area contributed by atoms with Crippen LogP contribution < -0.4 is 10.5 Å². The van der Waals surface area contributed by atoms with Crippen molar-refractivity contribution >= 4 is 12.4 Å². The molecule has 0 spiro atoms. The summed E-state index contributed by atoms with van der Waals surface area (Å²) in [5, 5.41) is 0. The Labute approximate surface area is 102 Å². The van der Waals surface area contributed by atoms with E-state index in [1.807, 2.05) is 20.8 Å². The third-order valence-corrected chi connectivity index (χ3v) is 2.46. The van der Waals surface area contributed by atoms with Crippen LogP contribution in [0.1, 0.15) is 32.4 Å². The minimum atomic E-state index is -0.287. The van der Waals surface area contributed by atoms with Gasteiger partial charge in [-0.3, -0.25) is 0 Å². The lowest BCUT2D eigenvalue weighted by molar-refractivity contribution is 0.313. The summed E-state index contributed by atoms with van der Waals surface area (Å²) in [4.78, 5) is 0. The Morgan fingerprint density at radius 3 is 2.31 bits per heavy atom. The molecule has 2 N–H and O–H groups in total. The number of nitrogens with two attached hydrogens (primary N) is 1. The molecule has 0 unspecified atom stereocenters. The Hall–Kier alpha value is -0.800. The van der Waals surface area contributed by atoms with E-state index in [1.165, 1.54) is 12.1 Å². The second kappa shape index (κ2) is 5.51. The molecule has 0 heterocycles. The molecular formula is C12H19ClFNO. The molecule has 0 aliphatic heterocycles. The second-order valence-corrected chi connectivity index (χ2v) is 4.73. The highest BCUT2D eigenvalue weighted by molar-refractivity contribution is 5.85. The molecule has 0 aromatic heterocycles.